The van der Waals surface area contributed by atoms with Crippen LogP contribution in [0.1, 0.15) is 37.0 Å². The minimum absolute atomic E-state index is 0.160. The molecule has 3 rings (SSSR count). The summed E-state index contributed by atoms with van der Waals surface area (Å²) in [5.41, 5.74) is 0.991. The first-order valence-electron chi connectivity index (χ1n) is 10.7. The Bertz CT molecular complexity index is 1030. The predicted molar refractivity (Wildman–Crippen MR) is 120 cm³/mol. The largest absolute Gasteiger partial charge is 0.494 e. The molecule has 0 aliphatic carbocycles. The number of hydrogen-bond acceptors (Lipinski definition) is 6. The zero-order chi connectivity index (χ0) is 23.1. The summed E-state index contributed by atoms with van der Waals surface area (Å²) in [4.78, 5) is 24.6. The van der Waals surface area contributed by atoms with Crippen molar-refractivity contribution in [3.05, 3.63) is 54.1 Å². The smallest absolute Gasteiger partial charge is 0.338 e. The van der Waals surface area contributed by atoms with E-state index in [0.29, 0.717) is 43.1 Å². The number of sulfonamides is 1. The lowest BCUT2D eigenvalue weighted by Crippen LogP contribution is -2.41. The van der Waals surface area contributed by atoms with Crippen molar-refractivity contribution in [2.45, 2.75) is 31.6 Å². The Balaban J connectivity index is 1.55. The number of nitrogens with one attached hydrogen (secondary N) is 1. The van der Waals surface area contributed by atoms with E-state index in [1.165, 1.54) is 4.31 Å². The number of esters is 1. The first-order chi connectivity index (χ1) is 15.3. The number of hydrogen-bond donors (Lipinski definition) is 1. The zero-order valence-electron chi connectivity index (χ0n) is 18.2. The molecule has 1 amide bonds. The number of nitrogens with zero attached hydrogens (tertiary/aromatic N) is 1. The molecule has 1 N–H and O–H groups in total. The highest BCUT2D eigenvalue weighted by Crippen LogP contribution is 2.26. The normalized spacial score (nSPS) is 15.2. The number of amides is 1. The Morgan fingerprint density at radius 3 is 2.16 bits per heavy atom. The van der Waals surface area contributed by atoms with Gasteiger partial charge in [-0.2, -0.15) is 4.31 Å². The van der Waals surface area contributed by atoms with E-state index in [9.17, 15) is 18.0 Å². The fraction of sp³-hybridized carbons (Fsp3) is 0.391. The van der Waals surface area contributed by atoms with Gasteiger partial charge in [0, 0.05) is 24.7 Å². The van der Waals surface area contributed by atoms with Crippen LogP contribution in [0.2, 0.25) is 0 Å². The molecule has 2 aromatic carbocycles. The molecule has 0 aromatic heterocycles. The fourth-order valence-electron chi connectivity index (χ4n) is 3.53. The molecule has 0 radical (unpaired) electrons. The average molecular weight is 461 g/mol. The van der Waals surface area contributed by atoms with Gasteiger partial charge in [0.25, 0.3) is 0 Å². The van der Waals surface area contributed by atoms with Crippen molar-refractivity contribution >= 4 is 27.6 Å². The van der Waals surface area contributed by atoms with Gasteiger partial charge in [-0.25, -0.2) is 13.2 Å². The quantitative estimate of drug-likeness (QED) is 0.607. The topological polar surface area (TPSA) is 102 Å². The highest BCUT2D eigenvalue weighted by Gasteiger charge is 2.32. The summed E-state index contributed by atoms with van der Waals surface area (Å²) in [5, 5.41) is 2.84. The van der Waals surface area contributed by atoms with Crippen molar-refractivity contribution in [2.24, 2.45) is 5.92 Å². The Morgan fingerprint density at radius 1 is 0.969 bits per heavy atom. The lowest BCUT2D eigenvalue weighted by molar-refractivity contribution is -0.120. The van der Waals surface area contributed by atoms with Crippen LogP contribution in [0, 0.1) is 5.92 Å². The number of rotatable bonds is 8. The van der Waals surface area contributed by atoms with Crippen molar-refractivity contribution in [1.82, 2.24) is 4.31 Å². The van der Waals surface area contributed by atoms with Crippen LogP contribution in [0.5, 0.6) is 5.75 Å². The first kappa shape index (κ1) is 23.7. The van der Waals surface area contributed by atoms with E-state index in [0.717, 1.165) is 0 Å². The minimum Gasteiger partial charge on any atom is -0.494 e. The van der Waals surface area contributed by atoms with Crippen LogP contribution in [-0.2, 0) is 19.6 Å². The molecule has 2 aromatic rings. The summed E-state index contributed by atoms with van der Waals surface area (Å²) in [6.07, 6.45) is 0.867. The Morgan fingerprint density at radius 2 is 1.59 bits per heavy atom. The van der Waals surface area contributed by atoms with E-state index < -0.39 is 16.0 Å². The molecule has 1 heterocycles. The third kappa shape index (κ3) is 5.66. The van der Waals surface area contributed by atoms with Gasteiger partial charge in [-0.3, -0.25) is 4.79 Å². The van der Waals surface area contributed by atoms with E-state index in [1.807, 2.05) is 6.92 Å². The van der Waals surface area contributed by atoms with Crippen LogP contribution in [-0.4, -0.2) is 50.9 Å². The maximum Gasteiger partial charge on any atom is 0.338 e. The second-order valence-electron chi connectivity index (χ2n) is 7.37. The SMILES string of the molecule is CCOC(=O)c1ccc(NC(=O)C2CCN(S(=O)(=O)c3ccc(OCC)cc3)CC2)cc1. The molecule has 0 saturated carbocycles. The van der Waals surface area contributed by atoms with Crippen LogP contribution in [0.25, 0.3) is 0 Å². The molecule has 0 unspecified atom stereocenters. The summed E-state index contributed by atoms with van der Waals surface area (Å²) in [6, 6.07) is 12.9. The summed E-state index contributed by atoms with van der Waals surface area (Å²) < 4.78 is 37.5. The molecule has 1 aliphatic heterocycles. The summed E-state index contributed by atoms with van der Waals surface area (Å²) in [6.45, 7) is 4.96. The molecule has 0 atom stereocenters. The molecule has 9 heteroatoms. The number of piperidine rings is 1. The molecule has 0 spiro atoms. The molecule has 8 nitrogen and oxygen atoms in total. The first-order valence-corrected chi connectivity index (χ1v) is 12.1. The van der Waals surface area contributed by atoms with Crippen molar-refractivity contribution in [1.29, 1.82) is 0 Å². The molecular formula is C23H28N2O6S. The Hall–Kier alpha value is -2.91. The number of benzene rings is 2. The van der Waals surface area contributed by atoms with Crippen LogP contribution >= 0.6 is 0 Å². The Kier molecular flexibility index (Phi) is 7.87. The summed E-state index contributed by atoms with van der Waals surface area (Å²) in [5.74, 6) is -0.234. The van der Waals surface area contributed by atoms with Gasteiger partial charge in [0.1, 0.15) is 5.75 Å². The average Bonchev–Trinajstić information content (AvgIpc) is 2.80. The van der Waals surface area contributed by atoms with Gasteiger partial charge in [-0.05, 0) is 75.2 Å². The highest BCUT2D eigenvalue weighted by atomic mass is 32.2. The number of carbonyl (C=O) groups excluding carboxylic acids is 2. The predicted octanol–water partition coefficient (Wildman–Crippen LogP) is 3.30. The minimum atomic E-state index is -3.62. The van der Waals surface area contributed by atoms with Crippen molar-refractivity contribution in [2.75, 3.05) is 31.6 Å². The van der Waals surface area contributed by atoms with Gasteiger partial charge in [-0.15, -0.1) is 0 Å². The maximum atomic E-state index is 12.9. The maximum absolute atomic E-state index is 12.9. The molecule has 172 valence electrons. The molecule has 1 saturated heterocycles. The third-order valence-corrected chi connectivity index (χ3v) is 7.17. The van der Waals surface area contributed by atoms with Crippen LogP contribution in [0.15, 0.2) is 53.4 Å². The van der Waals surface area contributed by atoms with E-state index in [-0.39, 0.29) is 29.8 Å². The number of anilines is 1. The van der Waals surface area contributed by atoms with Gasteiger partial charge in [0.05, 0.1) is 23.7 Å². The van der Waals surface area contributed by atoms with Crippen molar-refractivity contribution in [3.8, 4) is 5.75 Å². The molecule has 32 heavy (non-hydrogen) atoms. The zero-order valence-corrected chi connectivity index (χ0v) is 19.1. The third-order valence-electron chi connectivity index (χ3n) is 5.26. The van der Waals surface area contributed by atoms with Crippen molar-refractivity contribution in [3.63, 3.8) is 0 Å². The van der Waals surface area contributed by atoms with E-state index >= 15 is 0 Å². The standard InChI is InChI=1S/C23H28N2O6S/c1-3-30-20-9-11-21(12-10-20)32(28,29)25-15-13-17(14-16-25)22(26)24-19-7-5-18(6-8-19)23(27)31-4-2/h5-12,17H,3-4,13-16H2,1-2H3,(H,24,26). The van der Waals surface area contributed by atoms with Gasteiger partial charge in [-0.1, -0.05) is 0 Å². The fourth-order valence-corrected chi connectivity index (χ4v) is 5.00. The Labute approximate surface area is 188 Å². The van der Waals surface area contributed by atoms with Crippen LogP contribution in [0.4, 0.5) is 5.69 Å². The second kappa shape index (κ2) is 10.6. The van der Waals surface area contributed by atoms with Crippen molar-refractivity contribution < 1.29 is 27.5 Å². The number of carbonyl (C=O) groups is 2. The van der Waals surface area contributed by atoms with E-state index in [4.69, 9.17) is 9.47 Å². The van der Waals surface area contributed by atoms with Crippen LogP contribution in [0.3, 0.4) is 0 Å². The van der Waals surface area contributed by atoms with E-state index in [2.05, 4.69) is 5.32 Å². The monoisotopic (exact) mass is 460 g/mol. The molecular weight excluding hydrogens is 432 g/mol. The lowest BCUT2D eigenvalue weighted by atomic mass is 9.97. The van der Waals surface area contributed by atoms with Gasteiger partial charge < -0.3 is 14.8 Å². The second-order valence-corrected chi connectivity index (χ2v) is 9.31. The van der Waals surface area contributed by atoms with Gasteiger partial charge in [0.2, 0.25) is 15.9 Å². The van der Waals surface area contributed by atoms with Crippen LogP contribution < -0.4 is 10.1 Å². The molecule has 0 bridgehead atoms. The van der Waals surface area contributed by atoms with Gasteiger partial charge in [0.15, 0.2) is 0 Å². The molecule has 1 aliphatic rings. The number of ether oxygens (including phenoxy) is 2. The van der Waals surface area contributed by atoms with E-state index in [1.54, 1.807) is 55.5 Å². The lowest BCUT2D eigenvalue weighted by Gasteiger charge is -2.30. The molecule has 1 fully saturated rings. The van der Waals surface area contributed by atoms with Gasteiger partial charge >= 0.3 is 5.97 Å². The highest BCUT2D eigenvalue weighted by molar-refractivity contribution is 7.89. The summed E-state index contributed by atoms with van der Waals surface area (Å²) >= 11 is 0. The summed E-state index contributed by atoms with van der Waals surface area (Å²) in [7, 11) is -3.62.